The first-order chi connectivity index (χ1) is 9.49. The lowest BCUT2D eigenvalue weighted by Crippen LogP contribution is -2.54. The second-order valence-electron chi connectivity index (χ2n) is 4.78. The predicted octanol–water partition coefficient (Wildman–Crippen LogP) is 2.02. The van der Waals surface area contributed by atoms with Crippen molar-refractivity contribution in [2.24, 2.45) is 0 Å². The lowest BCUT2D eigenvalue weighted by atomic mass is 10.1. The van der Waals surface area contributed by atoms with Gasteiger partial charge in [0.2, 0.25) is 0 Å². The van der Waals surface area contributed by atoms with E-state index in [1.165, 1.54) is 0 Å². The van der Waals surface area contributed by atoms with Gasteiger partial charge in [-0.1, -0.05) is 22.0 Å². The van der Waals surface area contributed by atoms with Gasteiger partial charge in [0, 0.05) is 16.7 Å². The topological polar surface area (TPSA) is 58.6 Å². The van der Waals surface area contributed by atoms with E-state index >= 15 is 0 Å². The van der Waals surface area contributed by atoms with E-state index in [0.29, 0.717) is 18.8 Å². The zero-order chi connectivity index (χ0) is 14.7. The Morgan fingerprint density at radius 3 is 2.85 bits per heavy atom. The van der Waals surface area contributed by atoms with E-state index in [4.69, 9.17) is 4.74 Å². The molecule has 0 bridgehead atoms. The molecule has 2 rings (SSSR count). The van der Waals surface area contributed by atoms with Crippen molar-refractivity contribution in [1.82, 2.24) is 4.90 Å². The maximum Gasteiger partial charge on any atom is 0.313 e. The average molecular weight is 341 g/mol. The van der Waals surface area contributed by atoms with Crippen molar-refractivity contribution in [3.8, 4) is 0 Å². The molecule has 2 atom stereocenters. The van der Waals surface area contributed by atoms with Gasteiger partial charge in [0.1, 0.15) is 0 Å². The van der Waals surface area contributed by atoms with Crippen LogP contribution in [0.2, 0.25) is 0 Å². The number of carbonyl (C=O) groups excluding carboxylic acids is 2. The highest BCUT2D eigenvalue weighted by Crippen LogP contribution is 2.17. The molecule has 1 aromatic carbocycles. The molecule has 0 saturated carbocycles. The molecule has 0 spiro atoms. The second kappa shape index (κ2) is 6.37. The Labute approximate surface area is 126 Å². The predicted molar refractivity (Wildman–Crippen MR) is 79.4 cm³/mol. The smallest absolute Gasteiger partial charge is 0.313 e. The molecule has 1 N–H and O–H groups in total. The third kappa shape index (κ3) is 3.37. The number of hydrogen-bond acceptors (Lipinski definition) is 3. The van der Waals surface area contributed by atoms with Crippen molar-refractivity contribution < 1.29 is 14.3 Å². The van der Waals surface area contributed by atoms with Crippen molar-refractivity contribution in [3.63, 3.8) is 0 Å². The van der Waals surface area contributed by atoms with Crippen LogP contribution in [-0.4, -0.2) is 42.0 Å². The number of ether oxygens (including phenoxy) is 1. The molecule has 0 radical (unpaired) electrons. The highest BCUT2D eigenvalue weighted by Gasteiger charge is 2.32. The summed E-state index contributed by atoms with van der Waals surface area (Å²) in [4.78, 5) is 25.8. The van der Waals surface area contributed by atoms with Crippen LogP contribution in [0, 0.1) is 0 Å². The summed E-state index contributed by atoms with van der Waals surface area (Å²) in [5, 5.41) is 2.61. The lowest BCUT2D eigenvalue weighted by Gasteiger charge is -2.37. The Balaban J connectivity index is 2.03. The van der Waals surface area contributed by atoms with Gasteiger partial charge in [0.25, 0.3) is 0 Å². The summed E-state index contributed by atoms with van der Waals surface area (Å²) in [6, 6.07) is 7.02. The van der Waals surface area contributed by atoms with Crippen LogP contribution in [0.25, 0.3) is 0 Å². The number of benzene rings is 1. The summed E-state index contributed by atoms with van der Waals surface area (Å²) in [5.74, 6) is -1.14. The fraction of sp³-hybridized carbons (Fsp3) is 0.429. The molecular formula is C14H17BrN2O3. The number of halogens is 1. The van der Waals surface area contributed by atoms with Gasteiger partial charge in [-0.25, -0.2) is 0 Å². The van der Waals surface area contributed by atoms with Crippen molar-refractivity contribution in [2.75, 3.05) is 18.5 Å². The molecule has 2 amide bonds. The van der Waals surface area contributed by atoms with Gasteiger partial charge in [0.15, 0.2) is 0 Å². The molecule has 1 saturated heterocycles. The molecule has 1 aromatic rings. The van der Waals surface area contributed by atoms with Gasteiger partial charge in [-0.05, 0) is 32.0 Å². The Morgan fingerprint density at radius 2 is 2.15 bits per heavy atom. The molecule has 0 unspecified atom stereocenters. The number of amides is 2. The zero-order valence-electron chi connectivity index (χ0n) is 11.4. The maximum atomic E-state index is 12.2. The number of nitrogens with zero attached hydrogens (tertiary/aromatic N) is 1. The normalized spacial score (nSPS) is 22.4. The molecule has 1 aliphatic rings. The second-order valence-corrected chi connectivity index (χ2v) is 5.70. The monoisotopic (exact) mass is 340 g/mol. The molecule has 0 aliphatic carbocycles. The van der Waals surface area contributed by atoms with Crippen LogP contribution >= 0.6 is 15.9 Å². The summed E-state index contributed by atoms with van der Waals surface area (Å²) < 4.78 is 6.30. The first kappa shape index (κ1) is 15.0. The quantitative estimate of drug-likeness (QED) is 0.795. The van der Waals surface area contributed by atoms with Gasteiger partial charge < -0.3 is 15.0 Å². The van der Waals surface area contributed by atoms with Gasteiger partial charge in [0.05, 0.1) is 18.8 Å². The highest BCUT2D eigenvalue weighted by molar-refractivity contribution is 9.10. The minimum atomic E-state index is -0.621. The van der Waals surface area contributed by atoms with Gasteiger partial charge >= 0.3 is 11.8 Å². The van der Waals surface area contributed by atoms with E-state index in [1.807, 2.05) is 19.9 Å². The van der Waals surface area contributed by atoms with Crippen molar-refractivity contribution in [1.29, 1.82) is 0 Å². The minimum absolute atomic E-state index is 0.0635. The summed E-state index contributed by atoms with van der Waals surface area (Å²) in [6.45, 7) is 4.68. The van der Waals surface area contributed by atoms with E-state index < -0.39 is 11.8 Å². The van der Waals surface area contributed by atoms with E-state index in [-0.39, 0.29) is 12.1 Å². The Morgan fingerprint density at radius 1 is 1.40 bits per heavy atom. The number of rotatable bonds is 1. The Bertz CT molecular complexity index is 521. The number of morpholine rings is 1. The summed E-state index contributed by atoms with van der Waals surface area (Å²) in [6.07, 6.45) is -0.0635. The van der Waals surface area contributed by atoms with Gasteiger partial charge in [-0.3, -0.25) is 9.59 Å². The van der Waals surface area contributed by atoms with Crippen molar-refractivity contribution in [2.45, 2.75) is 26.0 Å². The highest BCUT2D eigenvalue weighted by atomic mass is 79.9. The fourth-order valence-corrected chi connectivity index (χ4v) is 2.50. The molecule has 108 valence electrons. The number of anilines is 1. The third-order valence-electron chi connectivity index (χ3n) is 3.42. The first-order valence-corrected chi connectivity index (χ1v) is 7.27. The standard InChI is InChI=1S/C14H17BrN2O3/c1-9-10(2)20-7-6-17(9)14(19)13(18)16-12-5-3-4-11(15)8-12/h3-5,8-10H,6-7H2,1-2H3,(H,16,18)/t9-,10+/m0/s1. The molecule has 0 aromatic heterocycles. The third-order valence-corrected chi connectivity index (χ3v) is 3.91. The van der Waals surface area contributed by atoms with Crippen molar-refractivity contribution in [3.05, 3.63) is 28.7 Å². The van der Waals surface area contributed by atoms with Gasteiger partial charge in [-0.15, -0.1) is 0 Å². The molecule has 5 nitrogen and oxygen atoms in total. The van der Waals surface area contributed by atoms with Crippen molar-refractivity contribution >= 4 is 33.4 Å². The average Bonchev–Trinajstić information content (AvgIpc) is 2.41. The first-order valence-electron chi connectivity index (χ1n) is 6.48. The lowest BCUT2D eigenvalue weighted by molar-refractivity contribution is -0.152. The Kier molecular flexibility index (Phi) is 4.77. The molecular weight excluding hydrogens is 324 g/mol. The largest absolute Gasteiger partial charge is 0.375 e. The zero-order valence-corrected chi connectivity index (χ0v) is 13.0. The van der Waals surface area contributed by atoms with Crippen LogP contribution in [0.5, 0.6) is 0 Å². The van der Waals surface area contributed by atoms with E-state index in [2.05, 4.69) is 21.2 Å². The fourth-order valence-electron chi connectivity index (χ4n) is 2.10. The number of carbonyl (C=O) groups is 2. The molecule has 1 aliphatic heterocycles. The number of nitrogens with one attached hydrogen (secondary N) is 1. The summed E-state index contributed by atoms with van der Waals surface area (Å²) >= 11 is 3.32. The van der Waals surface area contributed by atoms with Crippen LogP contribution in [0.4, 0.5) is 5.69 Å². The van der Waals surface area contributed by atoms with E-state index in [9.17, 15) is 9.59 Å². The van der Waals surface area contributed by atoms with Crippen LogP contribution in [0.1, 0.15) is 13.8 Å². The summed E-state index contributed by atoms with van der Waals surface area (Å²) in [5.41, 5.74) is 0.590. The maximum absolute atomic E-state index is 12.2. The van der Waals surface area contributed by atoms with E-state index in [1.54, 1.807) is 23.1 Å². The summed E-state index contributed by atoms with van der Waals surface area (Å²) in [7, 11) is 0. The van der Waals surface area contributed by atoms with Crippen LogP contribution in [-0.2, 0) is 14.3 Å². The SMILES string of the molecule is C[C@H]1OCCN(C(=O)C(=O)Nc2cccc(Br)c2)[C@H]1C. The minimum Gasteiger partial charge on any atom is -0.375 e. The van der Waals surface area contributed by atoms with Crippen LogP contribution < -0.4 is 5.32 Å². The molecule has 1 heterocycles. The van der Waals surface area contributed by atoms with E-state index in [0.717, 1.165) is 4.47 Å². The Hall–Kier alpha value is -1.40. The molecule has 1 fully saturated rings. The van der Waals surface area contributed by atoms with Crippen LogP contribution in [0.3, 0.4) is 0 Å². The van der Waals surface area contributed by atoms with Crippen LogP contribution in [0.15, 0.2) is 28.7 Å². The number of hydrogen-bond donors (Lipinski definition) is 1. The molecule has 6 heteroatoms. The molecule has 20 heavy (non-hydrogen) atoms. The van der Waals surface area contributed by atoms with Gasteiger partial charge in [-0.2, -0.15) is 0 Å².